The first-order valence-corrected chi connectivity index (χ1v) is 9.83. The van der Waals surface area contributed by atoms with E-state index in [0.29, 0.717) is 39.5 Å². The van der Waals surface area contributed by atoms with Gasteiger partial charge < -0.3 is 10.2 Å². The van der Waals surface area contributed by atoms with Crippen LogP contribution in [0.15, 0.2) is 29.1 Å². The van der Waals surface area contributed by atoms with Crippen molar-refractivity contribution in [1.29, 1.82) is 0 Å². The molecule has 1 aliphatic heterocycles. The zero-order valence-electron chi connectivity index (χ0n) is 14.9. The average molecular weight is 404 g/mol. The largest absolute Gasteiger partial charge is 0.335 e. The lowest BCUT2D eigenvalue weighted by molar-refractivity contribution is -0.117. The van der Waals surface area contributed by atoms with Gasteiger partial charge in [-0.05, 0) is 44.4 Å². The number of nitrogens with one attached hydrogen (secondary N) is 1. The van der Waals surface area contributed by atoms with Gasteiger partial charge in [-0.2, -0.15) is 4.52 Å². The predicted octanol–water partition coefficient (Wildman–Crippen LogP) is 3.03. The van der Waals surface area contributed by atoms with Crippen LogP contribution in [0.25, 0.3) is 4.96 Å². The Kier molecular flexibility index (Phi) is 4.61. The number of nitrogens with zero attached hydrogens (tertiary/aromatic N) is 4. The third kappa shape index (κ3) is 3.42. The molecule has 1 aliphatic rings. The highest BCUT2D eigenvalue weighted by molar-refractivity contribution is 7.20. The van der Waals surface area contributed by atoms with Gasteiger partial charge in [-0.15, -0.1) is 5.10 Å². The Hall–Kier alpha value is -2.45. The summed E-state index contributed by atoms with van der Waals surface area (Å²) in [6.45, 7) is 4.42. The van der Waals surface area contributed by atoms with Crippen LogP contribution in [0.5, 0.6) is 0 Å². The summed E-state index contributed by atoms with van der Waals surface area (Å²) in [5.41, 5.74) is 2.06. The molecule has 0 radical (unpaired) electrons. The van der Waals surface area contributed by atoms with E-state index in [4.69, 9.17) is 11.6 Å². The quantitative estimate of drug-likeness (QED) is 0.727. The predicted molar refractivity (Wildman–Crippen MR) is 107 cm³/mol. The van der Waals surface area contributed by atoms with E-state index in [0.717, 1.165) is 12.0 Å². The second-order valence-corrected chi connectivity index (χ2v) is 7.98. The summed E-state index contributed by atoms with van der Waals surface area (Å²) in [7, 11) is 0. The van der Waals surface area contributed by atoms with Gasteiger partial charge in [0.05, 0.1) is 10.7 Å². The number of halogens is 1. The zero-order chi connectivity index (χ0) is 19.1. The number of hydrogen-bond acceptors (Lipinski definition) is 6. The van der Waals surface area contributed by atoms with E-state index in [1.807, 2.05) is 24.0 Å². The molecule has 27 heavy (non-hydrogen) atoms. The molecule has 4 rings (SSSR count). The van der Waals surface area contributed by atoms with Crippen LogP contribution in [0.4, 0.5) is 10.8 Å². The molecule has 3 heterocycles. The summed E-state index contributed by atoms with van der Waals surface area (Å²) in [6.07, 6.45) is 1.59. The van der Waals surface area contributed by atoms with Crippen molar-refractivity contribution < 1.29 is 4.79 Å². The molecule has 1 N–H and O–H groups in total. The molecule has 1 amide bonds. The maximum atomic E-state index is 12.9. The summed E-state index contributed by atoms with van der Waals surface area (Å²) in [6, 6.07) is 6.61. The van der Waals surface area contributed by atoms with Crippen molar-refractivity contribution in [3.8, 4) is 0 Å². The van der Waals surface area contributed by atoms with Gasteiger partial charge in [0, 0.05) is 18.3 Å². The van der Waals surface area contributed by atoms with Crippen molar-refractivity contribution in [3.63, 3.8) is 0 Å². The van der Waals surface area contributed by atoms with Crippen LogP contribution in [0, 0.1) is 13.8 Å². The average Bonchev–Trinajstić information content (AvgIpc) is 3.23. The van der Waals surface area contributed by atoms with Crippen LogP contribution in [0.1, 0.15) is 24.1 Å². The minimum absolute atomic E-state index is 0.131. The summed E-state index contributed by atoms with van der Waals surface area (Å²) in [5.74, 6) is -0.131. The van der Waals surface area contributed by atoms with Crippen LogP contribution < -0.4 is 15.8 Å². The highest BCUT2D eigenvalue weighted by Gasteiger charge is 2.33. The molecule has 1 saturated heterocycles. The maximum absolute atomic E-state index is 12.9. The molecule has 7 nitrogen and oxygen atoms in total. The van der Waals surface area contributed by atoms with Crippen LogP contribution in [0.2, 0.25) is 5.02 Å². The van der Waals surface area contributed by atoms with Crippen LogP contribution in [-0.4, -0.2) is 33.1 Å². The van der Waals surface area contributed by atoms with Crippen molar-refractivity contribution >= 4 is 44.6 Å². The highest BCUT2D eigenvalue weighted by Crippen LogP contribution is 2.30. The van der Waals surface area contributed by atoms with E-state index in [-0.39, 0.29) is 17.5 Å². The zero-order valence-corrected chi connectivity index (χ0v) is 16.5. The summed E-state index contributed by atoms with van der Waals surface area (Å²) in [4.78, 5) is 31.8. The number of carbonyl (C=O) groups excluding carboxylic acids is 1. The molecule has 1 aromatic carbocycles. The third-order valence-corrected chi connectivity index (χ3v) is 5.80. The molecule has 1 atom stereocenters. The first kappa shape index (κ1) is 17.9. The fourth-order valence-electron chi connectivity index (χ4n) is 3.23. The third-order valence-electron chi connectivity index (χ3n) is 4.55. The molecule has 0 bridgehead atoms. The maximum Gasteiger partial charge on any atom is 0.275 e. The van der Waals surface area contributed by atoms with E-state index >= 15 is 0 Å². The van der Waals surface area contributed by atoms with Crippen molar-refractivity contribution in [3.05, 3.63) is 50.9 Å². The lowest BCUT2D eigenvalue weighted by atomic mass is 10.2. The lowest BCUT2D eigenvalue weighted by Crippen LogP contribution is -2.39. The number of aromatic nitrogens is 3. The number of rotatable bonds is 3. The van der Waals surface area contributed by atoms with Gasteiger partial charge in [0.2, 0.25) is 16.0 Å². The van der Waals surface area contributed by atoms with Crippen LogP contribution in [-0.2, 0) is 4.79 Å². The van der Waals surface area contributed by atoms with E-state index in [1.54, 1.807) is 13.0 Å². The molecule has 3 aromatic rings. The van der Waals surface area contributed by atoms with Crippen molar-refractivity contribution in [2.24, 2.45) is 0 Å². The number of aryl methyl sites for hydroxylation is 2. The summed E-state index contributed by atoms with van der Waals surface area (Å²) >= 11 is 7.55. The molecular weight excluding hydrogens is 386 g/mol. The second kappa shape index (κ2) is 6.94. The van der Waals surface area contributed by atoms with Crippen molar-refractivity contribution in [1.82, 2.24) is 14.6 Å². The Bertz CT molecular complexity index is 1090. The van der Waals surface area contributed by atoms with Gasteiger partial charge in [0.15, 0.2) is 0 Å². The van der Waals surface area contributed by atoms with E-state index in [1.165, 1.54) is 21.9 Å². The molecule has 2 aromatic heterocycles. The molecule has 0 aliphatic carbocycles. The summed E-state index contributed by atoms with van der Waals surface area (Å²) in [5, 5.41) is 8.43. The van der Waals surface area contributed by atoms with Crippen LogP contribution >= 0.6 is 22.9 Å². The number of benzene rings is 1. The molecule has 0 spiro atoms. The standard InChI is InChI=1S/C18H18ClN5O2S/c1-10-5-6-13(12(19)8-10)21-16(26)14-4-3-7-23(14)18-22-24-15(25)9-11(2)20-17(24)27-18/h5-6,8-9,14H,3-4,7H2,1-2H3,(H,21,26)/t14-/m0/s1. The fourth-order valence-corrected chi connectivity index (χ4v) is 4.54. The Labute approximate surface area is 164 Å². The van der Waals surface area contributed by atoms with E-state index in [9.17, 15) is 9.59 Å². The molecular formula is C18H18ClN5O2S. The normalized spacial score (nSPS) is 16.9. The molecule has 9 heteroatoms. The van der Waals surface area contributed by atoms with Gasteiger partial charge in [0.1, 0.15) is 6.04 Å². The molecule has 0 saturated carbocycles. The number of hydrogen-bond donors (Lipinski definition) is 1. The molecule has 1 fully saturated rings. The fraction of sp³-hybridized carbons (Fsp3) is 0.333. The molecule has 0 unspecified atom stereocenters. The Balaban J connectivity index is 1.61. The smallest absolute Gasteiger partial charge is 0.275 e. The number of amides is 1. The van der Waals surface area contributed by atoms with Gasteiger partial charge in [0.25, 0.3) is 5.56 Å². The summed E-state index contributed by atoms with van der Waals surface area (Å²) < 4.78 is 1.29. The van der Waals surface area contributed by atoms with Gasteiger partial charge in [-0.25, -0.2) is 4.98 Å². The monoisotopic (exact) mass is 403 g/mol. The topological polar surface area (TPSA) is 79.6 Å². The van der Waals surface area contributed by atoms with Crippen LogP contribution in [0.3, 0.4) is 0 Å². The van der Waals surface area contributed by atoms with Crippen molar-refractivity contribution in [2.45, 2.75) is 32.7 Å². The second-order valence-electron chi connectivity index (χ2n) is 6.64. The highest BCUT2D eigenvalue weighted by atomic mass is 35.5. The lowest BCUT2D eigenvalue weighted by Gasteiger charge is -2.22. The Morgan fingerprint density at radius 3 is 2.93 bits per heavy atom. The number of anilines is 2. The minimum atomic E-state index is -0.361. The first-order valence-electron chi connectivity index (χ1n) is 8.63. The SMILES string of the molecule is Cc1ccc(NC(=O)[C@@H]2CCCN2c2nn3c(=O)cc(C)nc3s2)c(Cl)c1. The minimum Gasteiger partial charge on any atom is -0.335 e. The van der Waals surface area contributed by atoms with Gasteiger partial charge in [-0.3, -0.25) is 9.59 Å². The van der Waals surface area contributed by atoms with E-state index in [2.05, 4.69) is 15.4 Å². The number of fused-ring (bicyclic) bond motifs is 1. The Morgan fingerprint density at radius 2 is 2.15 bits per heavy atom. The van der Waals surface area contributed by atoms with Gasteiger partial charge >= 0.3 is 0 Å². The number of carbonyl (C=O) groups is 1. The first-order chi connectivity index (χ1) is 12.9. The molecule has 140 valence electrons. The van der Waals surface area contributed by atoms with Gasteiger partial charge in [-0.1, -0.05) is 29.0 Å². The Morgan fingerprint density at radius 1 is 1.33 bits per heavy atom. The van der Waals surface area contributed by atoms with E-state index < -0.39 is 0 Å². The van der Waals surface area contributed by atoms with Crippen molar-refractivity contribution in [2.75, 3.05) is 16.8 Å².